The first-order valence-corrected chi connectivity index (χ1v) is 8.15. The maximum atomic E-state index is 12.0. The number of hydrogen-bond acceptors (Lipinski definition) is 2. The lowest BCUT2D eigenvalue weighted by atomic mass is 10.1. The highest BCUT2D eigenvalue weighted by Crippen LogP contribution is 2.17. The van der Waals surface area contributed by atoms with Gasteiger partial charge in [0.1, 0.15) is 0 Å². The van der Waals surface area contributed by atoms with Crippen LogP contribution in [0.25, 0.3) is 0 Å². The number of aryl methyl sites for hydroxylation is 1. The lowest BCUT2D eigenvalue weighted by Gasteiger charge is -2.14. The predicted molar refractivity (Wildman–Crippen MR) is 102 cm³/mol. The molecule has 0 aromatic heterocycles. The van der Waals surface area contributed by atoms with Crippen molar-refractivity contribution in [3.63, 3.8) is 0 Å². The molecular formula is C16H16IN3OS. The van der Waals surface area contributed by atoms with Crippen molar-refractivity contribution in [2.24, 2.45) is 0 Å². The Kier molecular flexibility index (Phi) is 5.73. The number of amides is 1. The summed E-state index contributed by atoms with van der Waals surface area (Å²) >= 11 is 7.36. The lowest BCUT2D eigenvalue weighted by molar-refractivity contribution is 0.0944. The van der Waals surface area contributed by atoms with Gasteiger partial charge in [0, 0.05) is 14.8 Å². The van der Waals surface area contributed by atoms with E-state index in [4.69, 9.17) is 12.2 Å². The molecule has 0 unspecified atom stereocenters. The Hall–Kier alpha value is -1.67. The van der Waals surface area contributed by atoms with E-state index in [1.54, 1.807) is 12.1 Å². The van der Waals surface area contributed by atoms with Gasteiger partial charge in [0.15, 0.2) is 5.11 Å². The van der Waals surface area contributed by atoms with Gasteiger partial charge in [-0.05, 0) is 84.0 Å². The van der Waals surface area contributed by atoms with Crippen molar-refractivity contribution in [1.82, 2.24) is 10.9 Å². The molecule has 4 nitrogen and oxygen atoms in total. The molecule has 2 aromatic rings. The van der Waals surface area contributed by atoms with Gasteiger partial charge in [-0.1, -0.05) is 18.2 Å². The van der Waals surface area contributed by atoms with Crippen molar-refractivity contribution >= 4 is 51.5 Å². The van der Waals surface area contributed by atoms with Crippen LogP contribution in [0, 0.1) is 17.4 Å². The second kappa shape index (κ2) is 7.55. The molecule has 0 saturated heterocycles. The van der Waals surface area contributed by atoms with Crippen molar-refractivity contribution < 1.29 is 4.79 Å². The minimum Gasteiger partial charge on any atom is -0.331 e. The molecule has 0 aliphatic heterocycles. The number of nitrogens with one attached hydrogen (secondary N) is 3. The maximum absolute atomic E-state index is 12.0. The van der Waals surface area contributed by atoms with Crippen LogP contribution in [0.3, 0.4) is 0 Å². The van der Waals surface area contributed by atoms with Crippen LogP contribution in [-0.2, 0) is 0 Å². The Morgan fingerprint density at radius 1 is 1.09 bits per heavy atom. The average Bonchev–Trinajstić information content (AvgIpc) is 2.49. The molecule has 22 heavy (non-hydrogen) atoms. The first kappa shape index (κ1) is 16.7. The minimum atomic E-state index is -0.233. The Morgan fingerprint density at radius 2 is 1.82 bits per heavy atom. The fourth-order valence-corrected chi connectivity index (χ4v) is 2.56. The van der Waals surface area contributed by atoms with Crippen LogP contribution in [0.1, 0.15) is 21.5 Å². The molecule has 0 saturated carbocycles. The molecule has 0 heterocycles. The Labute approximate surface area is 148 Å². The second-order valence-electron chi connectivity index (χ2n) is 4.79. The van der Waals surface area contributed by atoms with Crippen LogP contribution >= 0.6 is 34.8 Å². The van der Waals surface area contributed by atoms with Crippen LogP contribution < -0.4 is 16.2 Å². The van der Waals surface area contributed by atoms with Crippen molar-refractivity contribution in [3.05, 3.63) is 62.7 Å². The summed E-state index contributed by atoms with van der Waals surface area (Å²) in [6.45, 7) is 4.06. The molecule has 0 atom stereocenters. The van der Waals surface area contributed by atoms with Crippen LogP contribution in [0.15, 0.2) is 42.5 Å². The van der Waals surface area contributed by atoms with Gasteiger partial charge in [0.2, 0.25) is 0 Å². The van der Waals surface area contributed by atoms with Gasteiger partial charge < -0.3 is 5.32 Å². The quantitative estimate of drug-likeness (QED) is 0.392. The van der Waals surface area contributed by atoms with Gasteiger partial charge in [-0.2, -0.15) is 0 Å². The Bertz CT molecular complexity index is 718. The fourth-order valence-electron chi connectivity index (χ4n) is 1.86. The second-order valence-corrected chi connectivity index (χ2v) is 6.44. The molecule has 0 radical (unpaired) electrons. The van der Waals surface area contributed by atoms with Crippen molar-refractivity contribution in [2.75, 3.05) is 5.32 Å². The number of rotatable bonds is 2. The number of halogens is 1. The van der Waals surface area contributed by atoms with E-state index in [0.717, 1.165) is 14.8 Å². The monoisotopic (exact) mass is 425 g/mol. The zero-order valence-corrected chi connectivity index (χ0v) is 15.2. The molecule has 0 spiro atoms. The van der Waals surface area contributed by atoms with E-state index in [1.165, 1.54) is 5.56 Å². The lowest BCUT2D eigenvalue weighted by Crippen LogP contribution is -2.43. The molecular weight excluding hydrogens is 409 g/mol. The first-order valence-electron chi connectivity index (χ1n) is 6.66. The van der Waals surface area contributed by atoms with Crippen molar-refractivity contribution in [2.45, 2.75) is 13.8 Å². The molecule has 2 aromatic carbocycles. The summed E-state index contributed by atoms with van der Waals surface area (Å²) < 4.78 is 1.00. The highest BCUT2D eigenvalue weighted by Gasteiger charge is 2.07. The van der Waals surface area contributed by atoms with E-state index in [2.05, 4.69) is 38.8 Å². The summed E-state index contributed by atoms with van der Waals surface area (Å²) in [7, 11) is 0. The van der Waals surface area contributed by atoms with E-state index in [-0.39, 0.29) is 5.91 Å². The molecule has 114 valence electrons. The maximum Gasteiger partial charge on any atom is 0.269 e. The fraction of sp³-hybridized carbons (Fsp3) is 0.125. The van der Waals surface area contributed by atoms with Gasteiger partial charge in [0.05, 0.1) is 0 Å². The normalized spacial score (nSPS) is 9.95. The molecule has 0 aliphatic carbocycles. The molecule has 3 N–H and O–H groups in total. The van der Waals surface area contributed by atoms with Gasteiger partial charge in [-0.15, -0.1) is 0 Å². The molecule has 0 bridgehead atoms. The van der Waals surface area contributed by atoms with Crippen LogP contribution in [0.4, 0.5) is 5.69 Å². The number of carbonyl (C=O) groups excluding carboxylic acids is 1. The van der Waals surface area contributed by atoms with Crippen LogP contribution in [0.2, 0.25) is 0 Å². The van der Waals surface area contributed by atoms with Crippen LogP contribution in [0.5, 0.6) is 0 Å². The summed E-state index contributed by atoms with van der Waals surface area (Å²) in [6.07, 6.45) is 0. The highest BCUT2D eigenvalue weighted by molar-refractivity contribution is 14.1. The summed E-state index contributed by atoms with van der Waals surface area (Å²) in [5, 5.41) is 3.41. The highest BCUT2D eigenvalue weighted by atomic mass is 127. The summed E-state index contributed by atoms with van der Waals surface area (Å²) in [5.74, 6) is -0.233. The smallest absolute Gasteiger partial charge is 0.269 e. The Morgan fingerprint density at radius 3 is 2.55 bits per heavy atom. The molecule has 2 rings (SSSR count). The third-order valence-corrected chi connectivity index (χ3v) is 4.10. The van der Waals surface area contributed by atoms with Gasteiger partial charge in [0.25, 0.3) is 5.91 Å². The van der Waals surface area contributed by atoms with E-state index in [1.807, 2.05) is 44.2 Å². The summed E-state index contributed by atoms with van der Waals surface area (Å²) in [4.78, 5) is 12.0. The number of benzene rings is 2. The van der Waals surface area contributed by atoms with Gasteiger partial charge in [-0.25, -0.2) is 0 Å². The summed E-state index contributed by atoms with van der Waals surface area (Å²) in [6, 6.07) is 13.3. The number of thiocarbonyl (C=S) groups is 1. The standard InChI is InChI=1S/C16H16IN3OS/c1-10-5-3-8-14(11(10)2)18-16(22)20-19-15(21)12-6-4-7-13(17)9-12/h3-9H,1-2H3,(H,19,21)(H2,18,20,22). The van der Waals surface area contributed by atoms with Gasteiger partial charge in [-0.3, -0.25) is 15.6 Å². The largest absolute Gasteiger partial charge is 0.331 e. The molecule has 0 fully saturated rings. The minimum absolute atomic E-state index is 0.233. The van der Waals surface area contributed by atoms with E-state index in [9.17, 15) is 4.79 Å². The van der Waals surface area contributed by atoms with Crippen molar-refractivity contribution in [1.29, 1.82) is 0 Å². The first-order chi connectivity index (χ1) is 10.5. The van der Waals surface area contributed by atoms with Gasteiger partial charge >= 0.3 is 0 Å². The number of hydrogen-bond donors (Lipinski definition) is 3. The zero-order valence-electron chi connectivity index (χ0n) is 12.2. The van der Waals surface area contributed by atoms with Crippen molar-refractivity contribution in [3.8, 4) is 0 Å². The van der Waals surface area contributed by atoms with E-state index < -0.39 is 0 Å². The third-order valence-electron chi connectivity index (χ3n) is 3.23. The zero-order chi connectivity index (χ0) is 16.1. The number of carbonyl (C=O) groups is 1. The number of anilines is 1. The Balaban J connectivity index is 1.93. The molecule has 6 heteroatoms. The van der Waals surface area contributed by atoms with E-state index >= 15 is 0 Å². The summed E-state index contributed by atoms with van der Waals surface area (Å²) in [5.41, 5.74) is 9.09. The van der Waals surface area contributed by atoms with Crippen LogP contribution in [-0.4, -0.2) is 11.0 Å². The average molecular weight is 425 g/mol. The SMILES string of the molecule is Cc1cccc(NC(=S)NNC(=O)c2cccc(I)c2)c1C. The topological polar surface area (TPSA) is 53.2 Å². The molecule has 1 amide bonds. The predicted octanol–water partition coefficient (Wildman–Crippen LogP) is 3.54. The molecule has 0 aliphatic rings. The number of hydrazine groups is 1. The third kappa shape index (κ3) is 4.41. The van der Waals surface area contributed by atoms with E-state index in [0.29, 0.717) is 10.7 Å².